The summed E-state index contributed by atoms with van der Waals surface area (Å²) < 4.78 is 39.1. The van der Waals surface area contributed by atoms with Gasteiger partial charge in [-0.05, 0) is 18.6 Å². The summed E-state index contributed by atoms with van der Waals surface area (Å²) in [6.07, 6.45) is -1.71. The monoisotopic (exact) mass is 337 g/mol. The molecule has 8 heteroatoms. The maximum absolute atomic E-state index is 13.0. The number of hydrogen-bond acceptors (Lipinski definition) is 5. The lowest BCUT2D eigenvalue weighted by Crippen LogP contribution is -2.46. The van der Waals surface area contributed by atoms with Gasteiger partial charge >= 0.3 is 6.18 Å². The van der Waals surface area contributed by atoms with Crippen LogP contribution in [0.1, 0.15) is 17.0 Å². The predicted molar refractivity (Wildman–Crippen MR) is 83.5 cm³/mol. The maximum Gasteiger partial charge on any atom is 0.433 e. The van der Waals surface area contributed by atoms with Crippen LogP contribution in [0.5, 0.6) is 0 Å². The first-order chi connectivity index (χ1) is 11.4. The van der Waals surface area contributed by atoms with E-state index in [9.17, 15) is 13.2 Å². The number of aromatic nitrogens is 3. The molecule has 1 saturated heterocycles. The van der Waals surface area contributed by atoms with E-state index in [4.69, 9.17) is 0 Å². The molecule has 0 saturated carbocycles. The van der Waals surface area contributed by atoms with Gasteiger partial charge in [0.25, 0.3) is 0 Å². The summed E-state index contributed by atoms with van der Waals surface area (Å²) in [6, 6.07) is 4.96. The highest BCUT2D eigenvalue weighted by Gasteiger charge is 2.35. The molecule has 24 heavy (non-hydrogen) atoms. The number of nitrogens with zero attached hydrogens (tertiary/aromatic N) is 5. The molecule has 128 valence electrons. The summed E-state index contributed by atoms with van der Waals surface area (Å²) >= 11 is 0. The minimum atomic E-state index is -4.42. The smallest absolute Gasteiger partial charge is 0.354 e. The van der Waals surface area contributed by atoms with Crippen LogP contribution < -0.4 is 4.90 Å². The highest BCUT2D eigenvalue weighted by Crippen LogP contribution is 2.30. The van der Waals surface area contributed by atoms with Crippen molar-refractivity contribution in [2.75, 3.05) is 31.1 Å². The number of anilines is 1. The minimum absolute atomic E-state index is 0.219. The Hall–Kier alpha value is -2.22. The summed E-state index contributed by atoms with van der Waals surface area (Å²) in [7, 11) is 0. The van der Waals surface area contributed by atoms with Crippen LogP contribution in [0.4, 0.5) is 19.0 Å². The van der Waals surface area contributed by atoms with Gasteiger partial charge in [-0.2, -0.15) is 13.2 Å². The van der Waals surface area contributed by atoms with Gasteiger partial charge in [-0.3, -0.25) is 9.88 Å². The highest BCUT2D eigenvalue weighted by molar-refractivity contribution is 5.39. The first kappa shape index (κ1) is 16.6. The lowest BCUT2D eigenvalue weighted by atomic mass is 10.1. The third-order valence-electron chi connectivity index (χ3n) is 4.04. The van der Waals surface area contributed by atoms with E-state index in [1.165, 1.54) is 18.6 Å². The molecule has 5 nitrogen and oxygen atoms in total. The van der Waals surface area contributed by atoms with Crippen molar-refractivity contribution in [1.29, 1.82) is 0 Å². The molecule has 2 aromatic rings. The fourth-order valence-corrected chi connectivity index (χ4v) is 2.81. The average molecular weight is 337 g/mol. The second-order valence-electron chi connectivity index (χ2n) is 5.79. The van der Waals surface area contributed by atoms with Gasteiger partial charge in [0.1, 0.15) is 17.8 Å². The van der Waals surface area contributed by atoms with E-state index < -0.39 is 11.9 Å². The molecule has 2 aromatic heterocycles. The Morgan fingerprint density at radius 3 is 2.50 bits per heavy atom. The third kappa shape index (κ3) is 3.81. The Labute approximate surface area is 138 Å². The van der Waals surface area contributed by atoms with Crippen molar-refractivity contribution in [3.63, 3.8) is 0 Å². The fourth-order valence-electron chi connectivity index (χ4n) is 2.81. The van der Waals surface area contributed by atoms with Crippen LogP contribution >= 0.6 is 0 Å². The number of piperazine rings is 1. The third-order valence-corrected chi connectivity index (χ3v) is 4.04. The molecular formula is C16H18F3N5. The molecule has 0 aromatic carbocycles. The lowest BCUT2D eigenvalue weighted by molar-refractivity contribution is -0.142. The van der Waals surface area contributed by atoms with E-state index in [2.05, 4.69) is 19.9 Å². The zero-order valence-electron chi connectivity index (χ0n) is 13.3. The van der Waals surface area contributed by atoms with E-state index in [0.717, 1.165) is 24.6 Å². The van der Waals surface area contributed by atoms with E-state index in [-0.39, 0.29) is 12.1 Å². The number of rotatable bonds is 3. The molecule has 3 heterocycles. The molecule has 3 rings (SSSR count). The van der Waals surface area contributed by atoms with E-state index in [1.54, 1.807) is 6.07 Å². The van der Waals surface area contributed by atoms with E-state index in [0.29, 0.717) is 13.1 Å². The second kappa shape index (κ2) is 6.72. The van der Waals surface area contributed by atoms with Gasteiger partial charge in [0.05, 0.1) is 0 Å². The number of halogens is 3. The normalized spacial score (nSPS) is 16.4. The van der Waals surface area contributed by atoms with Gasteiger partial charge in [-0.1, -0.05) is 6.07 Å². The van der Waals surface area contributed by atoms with Crippen LogP contribution in [0.3, 0.4) is 0 Å². The van der Waals surface area contributed by atoms with Crippen LogP contribution in [0.15, 0.2) is 30.7 Å². The molecular weight excluding hydrogens is 319 g/mol. The summed E-state index contributed by atoms with van der Waals surface area (Å²) in [4.78, 5) is 16.0. The molecule has 0 atom stereocenters. The molecule has 0 aliphatic carbocycles. The predicted octanol–water partition coefficient (Wildman–Crippen LogP) is 2.52. The molecule has 0 N–H and O–H groups in total. The average Bonchev–Trinajstić information content (AvgIpc) is 2.55. The molecule has 0 unspecified atom stereocenters. The van der Waals surface area contributed by atoms with E-state index >= 15 is 0 Å². The fraction of sp³-hybridized carbons (Fsp3) is 0.438. The van der Waals surface area contributed by atoms with Gasteiger partial charge in [-0.25, -0.2) is 9.97 Å². The number of alkyl halides is 3. The molecule has 0 spiro atoms. The van der Waals surface area contributed by atoms with Gasteiger partial charge in [0, 0.05) is 50.7 Å². The zero-order chi connectivity index (χ0) is 17.2. The highest BCUT2D eigenvalue weighted by atomic mass is 19.4. The van der Waals surface area contributed by atoms with Crippen molar-refractivity contribution in [3.8, 4) is 0 Å². The van der Waals surface area contributed by atoms with Crippen molar-refractivity contribution in [2.24, 2.45) is 0 Å². The molecule has 1 fully saturated rings. The van der Waals surface area contributed by atoms with Crippen LogP contribution in [0.25, 0.3) is 0 Å². The van der Waals surface area contributed by atoms with Crippen LogP contribution in [-0.4, -0.2) is 46.0 Å². The summed E-state index contributed by atoms with van der Waals surface area (Å²) in [6.45, 7) is 4.95. The Kier molecular flexibility index (Phi) is 4.66. The van der Waals surface area contributed by atoms with Crippen molar-refractivity contribution in [3.05, 3.63) is 47.7 Å². The molecule has 0 radical (unpaired) electrons. The number of aryl methyl sites for hydroxylation is 1. The van der Waals surface area contributed by atoms with Crippen molar-refractivity contribution in [2.45, 2.75) is 19.6 Å². The SMILES string of the molecule is Cc1cc(N2CCN(Cc3cccnc3C(F)(F)F)CC2)ncn1. The summed E-state index contributed by atoms with van der Waals surface area (Å²) in [5.74, 6) is 0.861. The van der Waals surface area contributed by atoms with Crippen LogP contribution in [-0.2, 0) is 12.7 Å². The van der Waals surface area contributed by atoms with Crippen LogP contribution in [0, 0.1) is 6.92 Å². The van der Waals surface area contributed by atoms with Gasteiger partial charge < -0.3 is 4.90 Å². The van der Waals surface area contributed by atoms with Crippen LogP contribution in [0.2, 0.25) is 0 Å². The number of pyridine rings is 1. The topological polar surface area (TPSA) is 45.2 Å². The first-order valence-corrected chi connectivity index (χ1v) is 7.70. The Bertz CT molecular complexity index is 696. The molecule has 0 bridgehead atoms. The van der Waals surface area contributed by atoms with Crippen molar-refractivity contribution < 1.29 is 13.2 Å². The quantitative estimate of drug-likeness (QED) is 0.861. The zero-order valence-corrected chi connectivity index (χ0v) is 13.3. The molecule has 1 aliphatic rings. The van der Waals surface area contributed by atoms with E-state index in [1.807, 2.05) is 17.9 Å². The largest absolute Gasteiger partial charge is 0.433 e. The van der Waals surface area contributed by atoms with Crippen molar-refractivity contribution >= 4 is 5.82 Å². The Morgan fingerprint density at radius 2 is 1.83 bits per heavy atom. The summed E-state index contributed by atoms with van der Waals surface area (Å²) in [5, 5.41) is 0. The van der Waals surface area contributed by atoms with Gasteiger partial charge in [0.2, 0.25) is 0 Å². The van der Waals surface area contributed by atoms with Gasteiger partial charge in [0.15, 0.2) is 0 Å². The maximum atomic E-state index is 13.0. The summed E-state index contributed by atoms with van der Waals surface area (Å²) in [5.41, 5.74) is 0.322. The number of hydrogen-bond donors (Lipinski definition) is 0. The Balaban J connectivity index is 1.64. The van der Waals surface area contributed by atoms with Gasteiger partial charge in [-0.15, -0.1) is 0 Å². The Morgan fingerprint density at radius 1 is 1.08 bits per heavy atom. The molecule has 0 amide bonds. The lowest BCUT2D eigenvalue weighted by Gasteiger charge is -2.35. The molecule has 1 aliphatic heterocycles. The first-order valence-electron chi connectivity index (χ1n) is 7.70. The minimum Gasteiger partial charge on any atom is -0.354 e. The standard InChI is InChI=1S/C16H18F3N5/c1-12-9-14(22-11-21-12)24-7-5-23(6-8-24)10-13-3-2-4-20-15(13)16(17,18)19/h2-4,9,11H,5-8,10H2,1H3. The second-order valence-corrected chi connectivity index (χ2v) is 5.79. The van der Waals surface area contributed by atoms with Crippen molar-refractivity contribution in [1.82, 2.24) is 19.9 Å².